The SMILES string of the molecule is Cc1[c]ccc(-c2nn(C(c3ccccc3)(c3ccccc3)c3ccccc3)cc2-c2ccc3ncc(-c4ccccn4)n3c2)c1C. The monoisotopic (exact) mass is 606 g/mol. The highest BCUT2D eigenvalue weighted by atomic mass is 15.3. The Morgan fingerprint density at radius 3 is 1.87 bits per heavy atom. The molecule has 0 saturated heterocycles. The number of pyridine rings is 2. The standard InChI is InChI=1S/C42H32N5/c1-30-15-14-22-36(31(30)2)41-37(32-24-25-40-44-27-39(46(40)28-32)38-23-12-13-26-43-38)29-47(45-41)42(33-16-6-3-7-17-33,34-18-8-4-9-19-34)35-20-10-5-11-21-35/h3-14,16-29H,1-2H3. The largest absolute Gasteiger partial charge is 0.298 e. The summed E-state index contributed by atoms with van der Waals surface area (Å²) in [6.45, 7) is 4.26. The van der Waals surface area contributed by atoms with Crippen molar-refractivity contribution in [2.45, 2.75) is 19.4 Å². The van der Waals surface area contributed by atoms with Crippen molar-refractivity contribution < 1.29 is 0 Å². The first-order valence-corrected chi connectivity index (χ1v) is 15.8. The summed E-state index contributed by atoms with van der Waals surface area (Å²) in [5.74, 6) is 0. The summed E-state index contributed by atoms with van der Waals surface area (Å²) in [6, 6.07) is 49.7. The van der Waals surface area contributed by atoms with E-state index in [1.807, 2.05) is 36.7 Å². The molecule has 0 saturated carbocycles. The Bertz CT molecular complexity index is 2210. The second kappa shape index (κ2) is 11.7. The Morgan fingerprint density at radius 1 is 0.617 bits per heavy atom. The van der Waals surface area contributed by atoms with Crippen molar-refractivity contribution in [1.82, 2.24) is 24.1 Å². The molecule has 4 aromatic carbocycles. The van der Waals surface area contributed by atoms with Crippen LogP contribution in [0.4, 0.5) is 0 Å². The molecule has 0 aliphatic rings. The minimum atomic E-state index is -0.751. The maximum atomic E-state index is 5.57. The average Bonchev–Trinajstić information content (AvgIpc) is 3.77. The third-order valence-corrected chi connectivity index (χ3v) is 9.15. The maximum Gasteiger partial charge on any atom is 0.138 e. The van der Waals surface area contributed by atoms with Crippen LogP contribution < -0.4 is 0 Å². The van der Waals surface area contributed by atoms with E-state index in [0.717, 1.165) is 67.2 Å². The van der Waals surface area contributed by atoms with Gasteiger partial charge in [0.1, 0.15) is 16.9 Å². The van der Waals surface area contributed by atoms with Crippen molar-refractivity contribution >= 4 is 5.65 Å². The second-order valence-electron chi connectivity index (χ2n) is 11.8. The Morgan fingerprint density at radius 2 is 1.26 bits per heavy atom. The van der Waals surface area contributed by atoms with Gasteiger partial charge in [0, 0.05) is 35.3 Å². The van der Waals surface area contributed by atoms with Crippen LogP contribution in [-0.4, -0.2) is 24.1 Å². The number of aromatic nitrogens is 5. The lowest BCUT2D eigenvalue weighted by atomic mass is 9.77. The number of nitrogens with zero attached hydrogens (tertiary/aromatic N) is 5. The highest BCUT2D eigenvalue weighted by Crippen LogP contribution is 2.44. The molecule has 225 valence electrons. The molecule has 0 spiro atoms. The van der Waals surface area contributed by atoms with Gasteiger partial charge in [-0.15, -0.1) is 0 Å². The Balaban J connectivity index is 1.46. The summed E-state index contributed by atoms with van der Waals surface area (Å²) in [6.07, 6.45) is 8.07. The third kappa shape index (κ3) is 4.75. The van der Waals surface area contributed by atoms with Gasteiger partial charge in [0.15, 0.2) is 0 Å². The van der Waals surface area contributed by atoms with E-state index in [2.05, 4.69) is 156 Å². The summed E-state index contributed by atoms with van der Waals surface area (Å²) in [5.41, 5.74) is 11.6. The molecule has 0 unspecified atom stereocenters. The summed E-state index contributed by atoms with van der Waals surface area (Å²) in [5, 5.41) is 5.57. The zero-order chi connectivity index (χ0) is 31.8. The molecule has 4 heterocycles. The maximum absolute atomic E-state index is 5.57. The predicted molar refractivity (Wildman–Crippen MR) is 188 cm³/mol. The normalized spacial score (nSPS) is 11.6. The van der Waals surface area contributed by atoms with Gasteiger partial charge in [-0.25, -0.2) is 4.98 Å². The molecule has 5 heteroatoms. The molecule has 5 nitrogen and oxygen atoms in total. The van der Waals surface area contributed by atoms with Crippen LogP contribution in [0.1, 0.15) is 27.8 Å². The van der Waals surface area contributed by atoms with Crippen LogP contribution in [0.2, 0.25) is 0 Å². The van der Waals surface area contributed by atoms with Gasteiger partial charge in [-0.05, 0) is 72.0 Å². The number of fused-ring (bicyclic) bond motifs is 1. The molecule has 0 N–H and O–H groups in total. The number of imidazole rings is 1. The van der Waals surface area contributed by atoms with Gasteiger partial charge in [-0.3, -0.25) is 14.1 Å². The van der Waals surface area contributed by atoms with E-state index < -0.39 is 5.54 Å². The van der Waals surface area contributed by atoms with Crippen LogP contribution in [0.3, 0.4) is 0 Å². The molecule has 0 aliphatic carbocycles. The summed E-state index contributed by atoms with van der Waals surface area (Å²) >= 11 is 0. The number of hydrogen-bond donors (Lipinski definition) is 0. The van der Waals surface area contributed by atoms with Crippen molar-refractivity contribution in [3.63, 3.8) is 0 Å². The van der Waals surface area contributed by atoms with E-state index in [1.165, 1.54) is 0 Å². The van der Waals surface area contributed by atoms with E-state index in [4.69, 9.17) is 10.1 Å². The van der Waals surface area contributed by atoms with Crippen LogP contribution in [0.15, 0.2) is 158 Å². The first-order valence-electron chi connectivity index (χ1n) is 15.8. The van der Waals surface area contributed by atoms with Gasteiger partial charge >= 0.3 is 0 Å². The Hall–Kier alpha value is -6.07. The molecule has 0 fully saturated rings. The summed E-state index contributed by atoms with van der Waals surface area (Å²) in [4.78, 5) is 9.31. The molecule has 8 rings (SSSR count). The molecular formula is C42H32N5. The second-order valence-corrected chi connectivity index (χ2v) is 11.8. The molecule has 47 heavy (non-hydrogen) atoms. The molecule has 0 atom stereocenters. The van der Waals surface area contributed by atoms with Gasteiger partial charge in [-0.2, -0.15) is 5.10 Å². The van der Waals surface area contributed by atoms with Crippen molar-refractivity contribution in [3.8, 4) is 33.8 Å². The van der Waals surface area contributed by atoms with Crippen LogP contribution >= 0.6 is 0 Å². The van der Waals surface area contributed by atoms with Crippen LogP contribution in [0.25, 0.3) is 39.4 Å². The number of aryl methyl sites for hydroxylation is 1. The lowest BCUT2D eigenvalue weighted by Crippen LogP contribution is -2.38. The number of hydrogen-bond acceptors (Lipinski definition) is 3. The van der Waals surface area contributed by atoms with Crippen molar-refractivity contribution in [1.29, 1.82) is 0 Å². The smallest absolute Gasteiger partial charge is 0.138 e. The fourth-order valence-corrected chi connectivity index (χ4v) is 6.68. The van der Waals surface area contributed by atoms with Crippen LogP contribution in [0.5, 0.6) is 0 Å². The Kier molecular flexibility index (Phi) is 7.07. The third-order valence-electron chi connectivity index (χ3n) is 9.15. The van der Waals surface area contributed by atoms with E-state index >= 15 is 0 Å². The van der Waals surface area contributed by atoms with Gasteiger partial charge in [0.2, 0.25) is 0 Å². The summed E-state index contributed by atoms with van der Waals surface area (Å²) in [7, 11) is 0. The van der Waals surface area contributed by atoms with Crippen molar-refractivity contribution in [2.75, 3.05) is 0 Å². The van der Waals surface area contributed by atoms with Crippen LogP contribution in [-0.2, 0) is 5.54 Å². The van der Waals surface area contributed by atoms with Gasteiger partial charge in [-0.1, -0.05) is 109 Å². The highest BCUT2D eigenvalue weighted by molar-refractivity contribution is 5.83. The lowest BCUT2D eigenvalue weighted by Gasteiger charge is -2.36. The summed E-state index contributed by atoms with van der Waals surface area (Å²) < 4.78 is 4.29. The number of benzene rings is 4. The molecule has 1 radical (unpaired) electrons. The van der Waals surface area contributed by atoms with E-state index in [-0.39, 0.29) is 0 Å². The molecule has 4 aromatic heterocycles. The topological polar surface area (TPSA) is 48.0 Å². The average molecular weight is 607 g/mol. The van der Waals surface area contributed by atoms with Crippen LogP contribution in [0, 0.1) is 19.9 Å². The predicted octanol–water partition coefficient (Wildman–Crippen LogP) is 9.18. The quantitative estimate of drug-likeness (QED) is 0.170. The fraction of sp³-hybridized carbons (Fsp3) is 0.0714. The zero-order valence-electron chi connectivity index (χ0n) is 26.2. The lowest BCUT2D eigenvalue weighted by molar-refractivity contribution is 0.461. The minimum absolute atomic E-state index is 0.751. The van der Waals surface area contributed by atoms with Crippen molar-refractivity contribution in [3.05, 3.63) is 192 Å². The van der Waals surface area contributed by atoms with Gasteiger partial charge in [0.25, 0.3) is 0 Å². The fourth-order valence-electron chi connectivity index (χ4n) is 6.68. The minimum Gasteiger partial charge on any atom is -0.298 e. The van der Waals surface area contributed by atoms with E-state index in [0.29, 0.717) is 0 Å². The molecular weight excluding hydrogens is 574 g/mol. The molecule has 0 aliphatic heterocycles. The van der Waals surface area contributed by atoms with E-state index in [1.54, 1.807) is 0 Å². The zero-order valence-corrected chi connectivity index (χ0v) is 26.2. The highest BCUT2D eigenvalue weighted by Gasteiger charge is 2.40. The first-order chi connectivity index (χ1) is 23.1. The van der Waals surface area contributed by atoms with Gasteiger partial charge < -0.3 is 0 Å². The molecule has 0 bridgehead atoms. The Labute approximate surface area is 274 Å². The van der Waals surface area contributed by atoms with Gasteiger partial charge in [0.05, 0.1) is 17.6 Å². The molecule has 8 aromatic rings. The number of rotatable bonds is 7. The molecule has 0 amide bonds. The van der Waals surface area contributed by atoms with E-state index in [9.17, 15) is 0 Å². The van der Waals surface area contributed by atoms with Crippen molar-refractivity contribution in [2.24, 2.45) is 0 Å². The first kappa shape index (κ1) is 28.4.